The minimum Gasteiger partial charge on any atom is -0.299 e. The van der Waals surface area contributed by atoms with Crippen molar-refractivity contribution < 1.29 is 4.79 Å². The van der Waals surface area contributed by atoms with E-state index >= 15 is 0 Å². The molecule has 2 atom stereocenters. The van der Waals surface area contributed by atoms with Crippen molar-refractivity contribution in [1.82, 2.24) is 0 Å². The van der Waals surface area contributed by atoms with Crippen molar-refractivity contribution in [2.24, 2.45) is 0 Å². The molecule has 0 aliphatic heterocycles. The molecule has 0 amide bonds. The van der Waals surface area contributed by atoms with Crippen LogP contribution in [-0.4, -0.2) is 5.78 Å². The highest BCUT2D eigenvalue weighted by atomic mass is 16.1. The highest BCUT2D eigenvalue weighted by Crippen LogP contribution is 2.51. The molecule has 1 saturated carbocycles. The summed E-state index contributed by atoms with van der Waals surface area (Å²) in [7, 11) is 0. The van der Waals surface area contributed by atoms with Gasteiger partial charge in [0.25, 0.3) is 0 Å². The van der Waals surface area contributed by atoms with Crippen molar-refractivity contribution in [3.63, 3.8) is 0 Å². The monoisotopic (exact) mass is 183 g/mol. The van der Waals surface area contributed by atoms with Crippen LogP contribution >= 0.6 is 0 Å². The van der Waals surface area contributed by atoms with Gasteiger partial charge in [-0.05, 0) is 29.5 Å². The topological polar surface area (TPSA) is 40.9 Å². The molecule has 0 saturated heterocycles. The molecule has 1 aromatic carbocycles. The van der Waals surface area contributed by atoms with Crippen LogP contribution in [0.5, 0.6) is 0 Å². The van der Waals surface area contributed by atoms with Crippen molar-refractivity contribution in [1.29, 1.82) is 5.26 Å². The van der Waals surface area contributed by atoms with E-state index in [2.05, 4.69) is 6.07 Å². The molecule has 0 radical (unpaired) electrons. The zero-order chi connectivity index (χ0) is 9.71. The van der Waals surface area contributed by atoms with Crippen LogP contribution in [0.1, 0.15) is 41.4 Å². The number of nitriles is 1. The van der Waals surface area contributed by atoms with Gasteiger partial charge in [0, 0.05) is 12.3 Å². The second-order valence-corrected chi connectivity index (χ2v) is 4.08. The van der Waals surface area contributed by atoms with Crippen LogP contribution in [0.2, 0.25) is 0 Å². The smallest absolute Gasteiger partial charge is 0.140 e. The summed E-state index contributed by atoms with van der Waals surface area (Å²) >= 11 is 0. The molecule has 68 valence electrons. The van der Waals surface area contributed by atoms with Crippen LogP contribution in [0.4, 0.5) is 0 Å². The number of carbonyl (C=O) groups is 1. The quantitative estimate of drug-likeness (QED) is 0.618. The molecular weight excluding hydrogens is 174 g/mol. The van der Waals surface area contributed by atoms with Crippen LogP contribution in [0.3, 0.4) is 0 Å². The largest absolute Gasteiger partial charge is 0.299 e. The third-order valence-electron chi connectivity index (χ3n) is 3.40. The summed E-state index contributed by atoms with van der Waals surface area (Å²) in [6, 6.07) is 7.95. The van der Waals surface area contributed by atoms with E-state index in [1.54, 1.807) is 0 Å². The molecule has 1 aromatic rings. The first kappa shape index (κ1) is 7.75. The molecule has 14 heavy (non-hydrogen) atoms. The number of benzene rings is 1. The minimum absolute atomic E-state index is 0.100. The lowest BCUT2D eigenvalue weighted by atomic mass is 9.88. The average Bonchev–Trinajstić information content (AvgIpc) is 2.74. The summed E-state index contributed by atoms with van der Waals surface area (Å²) in [6.07, 6.45) is 1.59. The first-order chi connectivity index (χ1) is 6.81. The van der Waals surface area contributed by atoms with E-state index in [4.69, 9.17) is 5.26 Å². The lowest BCUT2D eigenvalue weighted by Crippen LogP contribution is -2.10. The Hall–Kier alpha value is -1.62. The fourth-order valence-corrected chi connectivity index (χ4v) is 2.84. The molecule has 0 N–H and O–H groups in total. The SMILES string of the molecule is N#Cc1cccc2c1[C@@H]1CC(=O)[C@@H]2C1. The molecular formula is C12H9NO. The molecule has 1 fully saturated rings. The van der Waals surface area contributed by atoms with Crippen LogP contribution < -0.4 is 0 Å². The van der Waals surface area contributed by atoms with Gasteiger partial charge in [0.2, 0.25) is 0 Å². The number of hydrogen-bond acceptors (Lipinski definition) is 2. The Balaban J connectivity index is 2.27. The van der Waals surface area contributed by atoms with Crippen LogP contribution in [0.25, 0.3) is 0 Å². The molecule has 2 heteroatoms. The van der Waals surface area contributed by atoms with Crippen molar-refractivity contribution in [3.8, 4) is 6.07 Å². The Kier molecular flexibility index (Phi) is 1.36. The Morgan fingerprint density at radius 2 is 2.29 bits per heavy atom. The van der Waals surface area contributed by atoms with E-state index in [0.717, 1.165) is 23.1 Å². The third kappa shape index (κ3) is 0.773. The third-order valence-corrected chi connectivity index (χ3v) is 3.40. The first-order valence-electron chi connectivity index (χ1n) is 4.87. The fourth-order valence-electron chi connectivity index (χ4n) is 2.84. The minimum atomic E-state index is 0.100. The highest BCUT2D eigenvalue weighted by molar-refractivity contribution is 5.92. The van der Waals surface area contributed by atoms with Gasteiger partial charge in [-0.3, -0.25) is 4.79 Å². The Labute approximate surface area is 82.2 Å². The molecule has 2 bridgehead atoms. The number of nitrogens with zero attached hydrogens (tertiary/aromatic N) is 1. The van der Waals surface area contributed by atoms with Gasteiger partial charge in [-0.15, -0.1) is 0 Å². The fraction of sp³-hybridized carbons (Fsp3) is 0.333. The molecule has 2 aliphatic rings. The molecule has 0 heterocycles. The summed E-state index contributed by atoms with van der Waals surface area (Å²) in [5, 5.41) is 8.96. The van der Waals surface area contributed by atoms with E-state index in [-0.39, 0.29) is 5.92 Å². The van der Waals surface area contributed by atoms with Crippen LogP contribution in [-0.2, 0) is 4.79 Å². The summed E-state index contributed by atoms with van der Waals surface area (Å²) in [6.45, 7) is 0. The first-order valence-corrected chi connectivity index (χ1v) is 4.87. The van der Waals surface area contributed by atoms with Crippen molar-refractivity contribution in [3.05, 3.63) is 34.9 Å². The summed E-state index contributed by atoms with van der Waals surface area (Å²) < 4.78 is 0. The standard InChI is InChI=1S/C12H9NO/c13-6-7-2-1-3-9-10-4-8(12(7)9)5-11(10)14/h1-3,8,10H,4-5H2/t8-,10+/m0/s1. The van der Waals surface area contributed by atoms with Crippen molar-refractivity contribution in [2.45, 2.75) is 24.7 Å². The molecule has 0 spiro atoms. The maximum absolute atomic E-state index is 11.5. The van der Waals surface area contributed by atoms with E-state index < -0.39 is 0 Å². The molecule has 0 unspecified atom stereocenters. The van der Waals surface area contributed by atoms with E-state index in [9.17, 15) is 4.79 Å². The molecule has 2 aliphatic carbocycles. The number of fused-ring (bicyclic) bond motifs is 5. The summed E-state index contributed by atoms with van der Waals surface area (Å²) in [5.41, 5.74) is 3.03. The van der Waals surface area contributed by atoms with Gasteiger partial charge in [-0.2, -0.15) is 5.26 Å². The number of rotatable bonds is 0. The van der Waals surface area contributed by atoms with Crippen molar-refractivity contribution in [2.75, 3.05) is 0 Å². The average molecular weight is 183 g/mol. The van der Waals surface area contributed by atoms with Gasteiger partial charge in [0.05, 0.1) is 11.6 Å². The zero-order valence-corrected chi connectivity index (χ0v) is 7.66. The van der Waals surface area contributed by atoms with Gasteiger partial charge >= 0.3 is 0 Å². The second-order valence-electron chi connectivity index (χ2n) is 4.08. The van der Waals surface area contributed by atoms with E-state index in [1.807, 2.05) is 18.2 Å². The number of Topliss-reactive ketones (excluding diaryl/α,β-unsaturated/α-hetero) is 1. The number of ketones is 1. The maximum atomic E-state index is 11.5. The van der Waals surface area contributed by atoms with Gasteiger partial charge in [0.1, 0.15) is 5.78 Å². The Morgan fingerprint density at radius 1 is 1.43 bits per heavy atom. The van der Waals surface area contributed by atoms with E-state index in [0.29, 0.717) is 18.1 Å². The van der Waals surface area contributed by atoms with Gasteiger partial charge in [-0.25, -0.2) is 0 Å². The normalized spacial score (nSPS) is 27.5. The maximum Gasteiger partial charge on any atom is 0.140 e. The summed E-state index contributed by atoms with van der Waals surface area (Å²) in [4.78, 5) is 11.5. The zero-order valence-electron chi connectivity index (χ0n) is 7.66. The lowest BCUT2D eigenvalue weighted by molar-refractivity contribution is -0.118. The Morgan fingerprint density at radius 3 is 3.07 bits per heavy atom. The highest BCUT2D eigenvalue weighted by Gasteiger charge is 2.43. The molecule has 0 aromatic heterocycles. The van der Waals surface area contributed by atoms with Crippen LogP contribution in [0, 0.1) is 11.3 Å². The van der Waals surface area contributed by atoms with Gasteiger partial charge < -0.3 is 0 Å². The second kappa shape index (κ2) is 2.45. The van der Waals surface area contributed by atoms with E-state index in [1.165, 1.54) is 0 Å². The Bertz CT molecular complexity index is 470. The van der Waals surface area contributed by atoms with Crippen molar-refractivity contribution >= 4 is 5.78 Å². The summed E-state index contributed by atoms with van der Waals surface area (Å²) in [5.74, 6) is 0.791. The van der Waals surface area contributed by atoms with Gasteiger partial charge in [-0.1, -0.05) is 12.1 Å². The predicted octanol–water partition coefficient (Wildman–Crippen LogP) is 2.10. The molecule has 3 rings (SSSR count). The number of carbonyl (C=O) groups excluding carboxylic acids is 1. The van der Waals surface area contributed by atoms with Gasteiger partial charge in [0.15, 0.2) is 0 Å². The van der Waals surface area contributed by atoms with Crippen LogP contribution in [0.15, 0.2) is 18.2 Å². The lowest BCUT2D eigenvalue weighted by Gasteiger charge is -2.14. The molecule has 2 nitrogen and oxygen atoms in total. The number of hydrogen-bond donors (Lipinski definition) is 0. The predicted molar refractivity (Wildman–Crippen MR) is 50.9 cm³/mol.